The minimum absolute atomic E-state index is 0. The van der Waals surface area contributed by atoms with Crippen LogP contribution in [0, 0.1) is 0 Å². The summed E-state index contributed by atoms with van der Waals surface area (Å²) in [6, 6.07) is 1.18. The van der Waals surface area contributed by atoms with E-state index in [2.05, 4.69) is 15.0 Å². The molecule has 1 heterocycles. The minimum atomic E-state index is -4.08. The van der Waals surface area contributed by atoms with Crippen molar-refractivity contribution in [2.45, 2.75) is 6.54 Å². The number of H-pyrrole nitrogens is 1. The quantitative estimate of drug-likeness (QED) is 0.160. The first-order chi connectivity index (χ1) is 8.38. The first-order valence-corrected chi connectivity index (χ1v) is 6.66. The molecule has 0 fully saturated rings. The van der Waals surface area contributed by atoms with Crippen molar-refractivity contribution in [1.29, 1.82) is 0 Å². The smallest absolute Gasteiger partial charge is 0.395 e. The first kappa shape index (κ1) is 18.3. The monoisotopic (exact) mass is 300 g/mol. The fourth-order valence-electron chi connectivity index (χ4n) is 0.974. The number of oxime groups is 1. The van der Waals surface area contributed by atoms with Gasteiger partial charge in [0.25, 0.3) is 5.56 Å². The van der Waals surface area contributed by atoms with Crippen molar-refractivity contribution in [2.75, 3.05) is 12.8 Å². The molecule has 0 aliphatic rings. The van der Waals surface area contributed by atoms with Crippen LogP contribution in [0.3, 0.4) is 0 Å². The van der Waals surface area contributed by atoms with Crippen LogP contribution in [0.15, 0.2) is 27.0 Å². The molecular formula is C8H12N3NaO6P+. The Morgan fingerprint density at radius 1 is 1.47 bits per heavy atom. The van der Waals surface area contributed by atoms with Crippen molar-refractivity contribution in [1.82, 2.24) is 9.55 Å². The second-order valence-corrected chi connectivity index (χ2v) is 5.05. The molecule has 0 amide bonds. The Kier molecular flexibility index (Phi) is 8.15. The summed E-state index contributed by atoms with van der Waals surface area (Å²) in [7, 11) is -4.08. The Bertz CT molecular complexity index is 576. The number of rotatable bonds is 6. The molecular weight excluding hydrogens is 288 g/mol. The third-order valence-corrected chi connectivity index (χ3v) is 2.56. The van der Waals surface area contributed by atoms with Gasteiger partial charge in [-0.15, -0.1) is 0 Å². The van der Waals surface area contributed by atoms with Crippen molar-refractivity contribution in [3.63, 3.8) is 0 Å². The van der Waals surface area contributed by atoms with Gasteiger partial charge < -0.3 is 14.6 Å². The van der Waals surface area contributed by atoms with E-state index in [1.165, 1.54) is 23.0 Å². The van der Waals surface area contributed by atoms with E-state index in [4.69, 9.17) is 9.79 Å². The zero-order chi connectivity index (χ0) is 13.6. The zero-order valence-corrected chi connectivity index (χ0v) is 13.1. The maximum atomic E-state index is 11.2. The van der Waals surface area contributed by atoms with Gasteiger partial charge in [0.1, 0.15) is 6.61 Å². The summed E-state index contributed by atoms with van der Waals surface area (Å²) in [5.74, 6) is 0. The molecule has 0 radical (unpaired) electrons. The maximum absolute atomic E-state index is 11.2. The second-order valence-electron chi connectivity index (χ2n) is 3.27. The standard InChI is InChI=1S/C8H12N3O6P.Na/c12-7-1-3-11(8(13)10-7)4-2-9-17-5-6-18(14,15)16;/h1-3H,4-6H2,(H,10,12,13)(H2,14,15,16);/q;+1/b9-2+;. The molecule has 9 nitrogen and oxygen atoms in total. The van der Waals surface area contributed by atoms with E-state index >= 15 is 0 Å². The van der Waals surface area contributed by atoms with Gasteiger partial charge in [0, 0.05) is 12.3 Å². The number of aromatic nitrogens is 2. The maximum Gasteiger partial charge on any atom is 1.00 e. The van der Waals surface area contributed by atoms with E-state index in [0.717, 1.165) is 0 Å². The van der Waals surface area contributed by atoms with E-state index in [-0.39, 0.29) is 42.7 Å². The van der Waals surface area contributed by atoms with Crippen molar-refractivity contribution in [3.05, 3.63) is 33.1 Å². The molecule has 1 aromatic heterocycles. The minimum Gasteiger partial charge on any atom is -0.395 e. The predicted molar refractivity (Wildman–Crippen MR) is 62.7 cm³/mol. The van der Waals surface area contributed by atoms with Gasteiger partial charge in [0.2, 0.25) is 0 Å². The van der Waals surface area contributed by atoms with Crippen LogP contribution in [0.2, 0.25) is 0 Å². The molecule has 19 heavy (non-hydrogen) atoms. The van der Waals surface area contributed by atoms with E-state index in [0.29, 0.717) is 0 Å². The van der Waals surface area contributed by atoms with Crippen LogP contribution in [-0.2, 0) is 15.9 Å². The Morgan fingerprint density at radius 2 is 2.16 bits per heavy atom. The van der Waals surface area contributed by atoms with Crippen molar-refractivity contribution in [2.24, 2.45) is 5.16 Å². The summed E-state index contributed by atoms with van der Waals surface area (Å²) in [4.78, 5) is 45.6. The SMILES string of the molecule is O=c1ccn(C/C=N/OCCP(=O)(O)O)c(=O)[nH]1.[Na+]. The number of nitrogens with one attached hydrogen (secondary N) is 1. The van der Waals surface area contributed by atoms with Crippen LogP contribution in [0.25, 0.3) is 0 Å². The van der Waals surface area contributed by atoms with Crippen LogP contribution in [-0.4, -0.2) is 38.3 Å². The Balaban J connectivity index is 0.00000324. The number of hydrogen-bond acceptors (Lipinski definition) is 5. The fraction of sp³-hybridized carbons (Fsp3) is 0.375. The van der Waals surface area contributed by atoms with E-state index in [1.807, 2.05) is 0 Å². The third-order valence-electron chi connectivity index (χ3n) is 1.80. The van der Waals surface area contributed by atoms with Crippen molar-refractivity contribution < 1.29 is 48.7 Å². The molecule has 0 aliphatic heterocycles. The van der Waals surface area contributed by atoms with Crippen LogP contribution in [0.1, 0.15) is 0 Å². The summed E-state index contributed by atoms with van der Waals surface area (Å²) in [6.45, 7) is -0.146. The molecule has 0 aromatic carbocycles. The summed E-state index contributed by atoms with van der Waals surface area (Å²) in [5.41, 5.74) is -1.07. The van der Waals surface area contributed by atoms with Crippen LogP contribution < -0.4 is 40.8 Å². The van der Waals surface area contributed by atoms with Crippen LogP contribution in [0.4, 0.5) is 0 Å². The predicted octanol–water partition coefficient (Wildman–Crippen LogP) is -4.28. The number of hydrogen-bond donors (Lipinski definition) is 3. The molecule has 1 rings (SSSR count). The Morgan fingerprint density at radius 3 is 2.74 bits per heavy atom. The molecule has 100 valence electrons. The van der Waals surface area contributed by atoms with Gasteiger partial charge in [0.05, 0.1) is 18.9 Å². The van der Waals surface area contributed by atoms with Gasteiger partial charge in [-0.2, -0.15) is 0 Å². The molecule has 0 saturated carbocycles. The molecule has 0 spiro atoms. The third kappa shape index (κ3) is 8.14. The van der Waals surface area contributed by atoms with Gasteiger partial charge >= 0.3 is 42.8 Å². The first-order valence-electron chi connectivity index (χ1n) is 4.86. The Hall–Kier alpha value is -0.700. The topological polar surface area (TPSA) is 134 Å². The fourth-order valence-corrected chi connectivity index (χ4v) is 1.29. The van der Waals surface area contributed by atoms with Gasteiger partial charge in [-0.05, 0) is 0 Å². The largest absolute Gasteiger partial charge is 1.00 e. The molecule has 0 aliphatic carbocycles. The Labute approximate surface area is 129 Å². The molecule has 3 N–H and O–H groups in total. The van der Waals surface area contributed by atoms with Crippen molar-refractivity contribution in [3.8, 4) is 0 Å². The molecule has 0 saturated heterocycles. The number of nitrogens with zero attached hydrogens (tertiary/aromatic N) is 2. The van der Waals surface area contributed by atoms with Crippen LogP contribution in [0.5, 0.6) is 0 Å². The van der Waals surface area contributed by atoms with Crippen LogP contribution >= 0.6 is 7.60 Å². The van der Waals surface area contributed by atoms with Crippen molar-refractivity contribution >= 4 is 13.8 Å². The van der Waals surface area contributed by atoms with Gasteiger partial charge in [-0.25, -0.2) is 4.79 Å². The summed E-state index contributed by atoms with van der Waals surface area (Å²) in [6.07, 6.45) is 2.10. The van der Waals surface area contributed by atoms with Gasteiger partial charge in [-0.3, -0.25) is 18.9 Å². The average molecular weight is 300 g/mol. The molecule has 0 bridgehead atoms. The normalized spacial score (nSPS) is 11.3. The summed E-state index contributed by atoms with van der Waals surface area (Å²) >= 11 is 0. The molecule has 0 atom stereocenters. The molecule has 0 unspecified atom stereocenters. The van der Waals surface area contributed by atoms with E-state index < -0.39 is 25.0 Å². The van der Waals surface area contributed by atoms with Gasteiger partial charge in [0.15, 0.2) is 0 Å². The second kappa shape index (κ2) is 8.47. The molecule has 11 heteroatoms. The summed E-state index contributed by atoms with van der Waals surface area (Å²) < 4.78 is 11.6. The van der Waals surface area contributed by atoms with E-state index in [1.54, 1.807) is 0 Å². The average Bonchev–Trinajstić information content (AvgIpc) is 2.24. The zero-order valence-electron chi connectivity index (χ0n) is 10.2. The summed E-state index contributed by atoms with van der Waals surface area (Å²) in [5, 5.41) is 3.41. The molecule has 1 aromatic rings. The van der Waals surface area contributed by atoms with E-state index in [9.17, 15) is 14.2 Å². The van der Waals surface area contributed by atoms with Gasteiger partial charge in [-0.1, -0.05) is 5.16 Å². The number of aromatic amines is 1.